The molecule has 0 saturated heterocycles. The van der Waals surface area contributed by atoms with Crippen LogP contribution in [0.4, 0.5) is 4.39 Å². The quantitative estimate of drug-likeness (QED) is 0.868. The van der Waals surface area contributed by atoms with Crippen LogP contribution in [0.15, 0.2) is 24.3 Å². The Labute approximate surface area is 103 Å². The van der Waals surface area contributed by atoms with Gasteiger partial charge in [0.25, 0.3) is 0 Å². The molecule has 17 heavy (non-hydrogen) atoms. The number of likely N-dealkylation sites (N-methyl/N-ethyl adjacent to an activating group) is 1. The van der Waals surface area contributed by atoms with E-state index in [1.54, 1.807) is 12.1 Å². The summed E-state index contributed by atoms with van der Waals surface area (Å²) in [6.45, 7) is 0.946. The van der Waals surface area contributed by atoms with E-state index in [4.69, 9.17) is 5.73 Å². The zero-order chi connectivity index (χ0) is 12.3. The van der Waals surface area contributed by atoms with Gasteiger partial charge in [0.05, 0.1) is 0 Å². The lowest BCUT2D eigenvalue weighted by Crippen LogP contribution is -2.43. The van der Waals surface area contributed by atoms with Gasteiger partial charge in [-0.05, 0) is 44.0 Å². The van der Waals surface area contributed by atoms with Gasteiger partial charge in [0, 0.05) is 18.6 Å². The van der Waals surface area contributed by atoms with Crippen molar-refractivity contribution in [1.82, 2.24) is 4.90 Å². The molecule has 2 unspecified atom stereocenters. The summed E-state index contributed by atoms with van der Waals surface area (Å²) in [5, 5.41) is 0. The van der Waals surface area contributed by atoms with Gasteiger partial charge in [-0.2, -0.15) is 0 Å². The summed E-state index contributed by atoms with van der Waals surface area (Å²) >= 11 is 0. The highest BCUT2D eigenvalue weighted by Gasteiger charge is 2.26. The lowest BCUT2D eigenvalue weighted by molar-refractivity contribution is 0.231. The van der Waals surface area contributed by atoms with Crippen molar-refractivity contribution in [2.75, 3.05) is 13.6 Å². The minimum atomic E-state index is -0.150. The number of halogens is 1. The van der Waals surface area contributed by atoms with E-state index in [-0.39, 0.29) is 5.82 Å². The van der Waals surface area contributed by atoms with E-state index in [9.17, 15) is 4.39 Å². The maximum atomic E-state index is 13.0. The van der Waals surface area contributed by atoms with E-state index in [0.717, 1.165) is 24.9 Å². The van der Waals surface area contributed by atoms with Crippen molar-refractivity contribution in [3.63, 3.8) is 0 Å². The Morgan fingerprint density at radius 1 is 1.41 bits per heavy atom. The second-order valence-electron chi connectivity index (χ2n) is 5.02. The largest absolute Gasteiger partial charge is 0.326 e. The Morgan fingerprint density at radius 3 is 2.88 bits per heavy atom. The molecule has 1 aliphatic carbocycles. The molecule has 0 heterocycles. The molecule has 1 aromatic carbocycles. The van der Waals surface area contributed by atoms with Crippen LogP contribution in [0.2, 0.25) is 0 Å². The van der Waals surface area contributed by atoms with Crippen LogP contribution >= 0.6 is 0 Å². The average Bonchev–Trinajstić information content (AvgIpc) is 2.72. The van der Waals surface area contributed by atoms with Crippen LogP contribution in [-0.2, 0) is 6.42 Å². The first kappa shape index (κ1) is 12.5. The monoisotopic (exact) mass is 236 g/mol. The average molecular weight is 236 g/mol. The predicted molar refractivity (Wildman–Crippen MR) is 68.3 cm³/mol. The van der Waals surface area contributed by atoms with Gasteiger partial charge in [-0.1, -0.05) is 18.6 Å². The number of benzene rings is 1. The lowest BCUT2D eigenvalue weighted by atomic mass is 10.1. The molecule has 0 aliphatic heterocycles. The van der Waals surface area contributed by atoms with Gasteiger partial charge in [-0.15, -0.1) is 0 Å². The molecule has 2 nitrogen and oxygen atoms in total. The van der Waals surface area contributed by atoms with E-state index in [2.05, 4.69) is 11.9 Å². The number of hydrogen-bond acceptors (Lipinski definition) is 2. The van der Waals surface area contributed by atoms with Gasteiger partial charge in [0.2, 0.25) is 0 Å². The lowest BCUT2D eigenvalue weighted by Gasteiger charge is -2.27. The van der Waals surface area contributed by atoms with Gasteiger partial charge in [-0.25, -0.2) is 4.39 Å². The molecule has 3 heteroatoms. The fraction of sp³-hybridized carbons (Fsp3) is 0.571. The van der Waals surface area contributed by atoms with Crippen LogP contribution in [-0.4, -0.2) is 30.6 Å². The summed E-state index contributed by atoms with van der Waals surface area (Å²) in [6, 6.07) is 7.66. The van der Waals surface area contributed by atoms with Crippen molar-refractivity contribution < 1.29 is 4.39 Å². The summed E-state index contributed by atoms with van der Waals surface area (Å²) in [7, 11) is 2.12. The fourth-order valence-corrected chi connectivity index (χ4v) is 2.68. The fourth-order valence-electron chi connectivity index (χ4n) is 2.68. The highest BCUT2D eigenvalue weighted by molar-refractivity contribution is 5.16. The van der Waals surface area contributed by atoms with Crippen LogP contribution in [0, 0.1) is 5.82 Å². The van der Waals surface area contributed by atoms with Crippen molar-refractivity contribution in [3.8, 4) is 0 Å². The number of hydrogen-bond donors (Lipinski definition) is 1. The minimum absolute atomic E-state index is 0.150. The first-order valence-corrected chi connectivity index (χ1v) is 6.37. The predicted octanol–water partition coefficient (Wildman–Crippen LogP) is 2.18. The van der Waals surface area contributed by atoms with Gasteiger partial charge in [0.1, 0.15) is 5.82 Å². The molecule has 0 aromatic heterocycles. The topological polar surface area (TPSA) is 29.3 Å². The second kappa shape index (κ2) is 5.61. The highest BCUT2D eigenvalue weighted by Crippen LogP contribution is 2.21. The summed E-state index contributed by atoms with van der Waals surface area (Å²) < 4.78 is 13.0. The number of nitrogens with zero attached hydrogens (tertiary/aromatic N) is 1. The van der Waals surface area contributed by atoms with Gasteiger partial charge < -0.3 is 10.6 Å². The van der Waals surface area contributed by atoms with Crippen molar-refractivity contribution in [1.29, 1.82) is 0 Å². The SMILES string of the molecule is CN(CCc1cccc(F)c1)C1CCCC1N. The van der Waals surface area contributed by atoms with Crippen LogP contribution in [0.5, 0.6) is 0 Å². The third kappa shape index (κ3) is 3.27. The van der Waals surface area contributed by atoms with E-state index < -0.39 is 0 Å². The summed E-state index contributed by atoms with van der Waals surface area (Å²) in [4.78, 5) is 2.32. The van der Waals surface area contributed by atoms with Gasteiger partial charge in [-0.3, -0.25) is 0 Å². The molecule has 0 spiro atoms. The van der Waals surface area contributed by atoms with Gasteiger partial charge in [0.15, 0.2) is 0 Å². The maximum Gasteiger partial charge on any atom is 0.123 e. The van der Waals surface area contributed by atoms with E-state index >= 15 is 0 Å². The zero-order valence-electron chi connectivity index (χ0n) is 10.4. The first-order valence-electron chi connectivity index (χ1n) is 6.37. The molecule has 94 valence electrons. The second-order valence-corrected chi connectivity index (χ2v) is 5.02. The molecule has 1 saturated carbocycles. The van der Waals surface area contributed by atoms with Crippen molar-refractivity contribution >= 4 is 0 Å². The molecule has 0 radical (unpaired) electrons. The first-order chi connectivity index (χ1) is 8.16. The van der Waals surface area contributed by atoms with E-state index in [0.29, 0.717) is 12.1 Å². The Kier molecular flexibility index (Phi) is 4.13. The maximum absolute atomic E-state index is 13.0. The Balaban J connectivity index is 1.85. The van der Waals surface area contributed by atoms with Crippen LogP contribution in [0.3, 0.4) is 0 Å². The molecule has 0 bridgehead atoms. The molecule has 1 fully saturated rings. The Hall–Kier alpha value is -0.930. The number of nitrogens with two attached hydrogens (primary N) is 1. The molecule has 1 aromatic rings. The molecular formula is C14H21FN2. The highest BCUT2D eigenvalue weighted by atomic mass is 19.1. The van der Waals surface area contributed by atoms with E-state index in [1.807, 2.05) is 6.07 Å². The Morgan fingerprint density at radius 2 is 2.24 bits per heavy atom. The summed E-state index contributed by atoms with van der Waals surface area (Å²) in [5.41, 5.74) is 7.13. The third-order valence-electron chi connectivity index (χ3n) is 3.74. The van der Waals surface area contributed by atoms with Crippen molar-refractivity contribution in [2.24, 2.45) is 5.73 Å². The number of rotatable bonds is 4. The third-order valence-corrected chi connectivity index (χ3v) is 3.74. The van der Waals surface area contributed by atoms with E-state index in [1.165, 1.54) is 18.9 Å². The Bertz CT molecular complexity index is 367. The van der Waals surface area contributed by atoms with Crippen LogP contribution in [0.1, 0.15) is 24.8 Å². The normalized spacial score (nSPS) is 24.5. The van der Waals surface area contributed by atoms with Crippen LogP contribution in [0.25, 0.3) is 0 Å². The standard InChI is InChI=1S/C14H21FN2/c1-17(14-7-3-6-13(14)16)9-8-11-4-2-5-12(15)10-11/h2,4-5,10,13-14H,3,6-9,16H2,1H3. The summed E-state index contributed by atoms with van der Waals surface area (Å²) in [6.07, 6.45) is 4.45. The molecule has 2 atom stereocenters. The smallest absolute Gasteiger partial charge is 0.123 e. The van der Waals surface area contributed by atoms with Crippen molar-refractivity contribution in [3.05, 3.63) is 35.6 Å². The molecule has 1 aliphatic rings. The van der Waals surface area contributed by atoms with Crippen LogP contribution < -0.4 is 5.73 Å². The molecule has 2 rings (SSSR count). The summed E-state index contributed by atoms with van der Waals surface area (Å²) in [5.74, 6) is -0.150. The molecular weight excluding hydrogens is 215 g/mol. The van der Waals surface area contributed by atoms with Crippen molar-refractivity contribution in [2.45, 2.75) is 37.8 Å². The minimum Gasteiger partial charge on any atom is -0.326 e. The zero-order valence-corrected chi connectivity index (χ0v) is 10.4. The van der Waals surface area contributed by atoms with Gasteiger partial charge >= 0.3 is 0 Å². The molecule has 0 amide bonds. The molecule has 2 N–H and O–H groups in total.